The highest BCUT2D eigenvalue weighted by Gasteiger charge is 2.33. The molecule has 4 aliphatic rings. The molecule has 0 saturated heterocycles. The van der Waals surface area contributed by atoms with Crippen LogP contribution in [0.25, 0.3) is 0 Å². The number of carbonyl (C=O) groups excluding carboxylic acids is 1. The molecule has 4 nitrogen and oxygen atoms in total. The van der Waals surface area contributed by atoms with Gasteiger partial charge in [0.15, 0.2) is 0 Å². The molecule has 0 aliphatic heterocycles. The van der Waals surface area contributed by atoms with Gasteiger partial charge in [-0.1, -0.05) is 99.4 Å². The van der Waals surface area contributed by atoms with Gasteiger partial charge >= 0.3 is 5.97 Å². The molecule has 0 radical (unpaired) electrons. The minimum absolute atomic E-state index is 0.0968. The lowest BCUT2D eigenvalue weighted by atomic mass is 9.69. The van der Waals surface area contributed by atoms with E-state index in [9.17, 15) is 4.79 Å². The van der Waals surface area contributed by atoms with Gasteiger partial charge in [0.1, 0.15) is 12.4 Å². The van der Waals surface area contributed by atoms with Crippen LogP contribution in [0.5, 0.6) is 5.75 Å². The lowest BCUT2D eigenvalue weighted by Crippen LogP contribution is -2.23. The topological polar surface area (TPSA) is 44.8 Å². The quantitative estimate of drug-likeness (QED) is 0.140. The van der Waals surface area contributed by atoms with Crippen molar-refractivity contribution >= 4 is 5.97 Å². The highest BCUT2D eigenvalue weighted by atomic mass is 16.5. The number of hydrogen-bond donors (Lipinski definition) is 0. The number of rotatable bonds is 11. The molecule has 250 valence electrons. The number of unbranched alkanes of at least 4 members (excludes halogenated alkanes) is 1. The lowest BCUT2D eigenvalue weighted by Gasteiger charge is -2.34. The van der Waals surface area contributed by atoms with Crippen LogP contribution in [-0.2, 0) is 20.7 Å². The summed E-state index contributed by atoms with van der Waals surface area (Å²) in [6, 6.07) is 17.6. The second kappa shape index (κ2) is 19.8. The largest absolute Gasteiger partial charge is 0.490 e. The van der Waals surface area contributed by atoms with Gasteiger partial charge in [0.25, 0.3) is 0 Å². The number of ether oxygens (including phenoxy) is 3. The maximum absolute atomic E-state index is 12.4. The number of allylic oxidation sites excluding steroid dienone is 6. The van der Waals surface area contributed by atoms with E-state index < -0.39 is 0 Å². The van der Waals surface area contributed by atoms with E-state index in [-0.39, 0.29) is 18.0 Å². The monoisotopic (exact) mass is 634 g/mol. The molecule has 0 heterocycles. The molecule has 4 aliphatic carbocycles. The first kappa shape index (κ1) is 36.0. The predicted molar refractivity (Wildman–Crippen MR) is 193 cm³/mol. The fourth-order valence-corrected chi connectivity index (χ4v) is 6.88. The average molecular weight is 635 g/mol. The summed E-state index contributed by atoms with van der Waals surface area (Å²) in [5.41, 5.74) is 13.1. The van der Waals surface area contributed by atoms with Crippen LogP contribution in [-0.4, -0.2) is 32.4 Å². The Kier molecular flexibility index (Phi) is 15.1. The summed E-state index contributed by atoms with van der Waals surface area (Å²) in [4.78, 5) is 12.4. The summed E-state index contributed by atoms with van der Waals surface area (Å²) in [5, 5.41) is 0. The smallest absolute Gasteiger partial charge is 0.306 e. The minimum Gasteiger partial charge on any atom is -0.490 e. The zero-order valence-corrected chi connectivity index (χ0v) is 29.0. The van der Waals surface area contributed by atoms with Crippen LogP contribution in [0.4, 0.5) is 0 Å². The van der Waals surface area contributed by atoms with Crippen molar-refractivity contribution in [2.75, 3.05) is 20.3 Å². The van der Waals surface area contributed by atoms with Crippen molar-refractivity contribution in [2.24, 2.45) is 11.8 Å². The third-order valence-corrected chi connectivity index (χ3v) is 9.25. The van der Waals surface area contributed by atoms with Crippen molar-refractivity contribution in [3.8, 4) is 5.75 Å². The van der Waals surface area contributed by atoms with Crippen LogP contribution < -0.4 is 4.74 Å². The first-order valence-corrected chi connectivity index (χ1v) is 17.9. The third-order valence-electron chi connectivity index (χ3n) is 9.25. The molecule has 0 N–H and O–H groups in total. The molecule has 2 aromatic carbocycles. The molecule has 4 unspecified atom stereocenters. The molecular weight excluding hydrogens is 580 g/mol. The molecule has 47 heavy (non-hydrogen) atoms. The Morgan fingerprint density at radius 3 is 2.51 bits per heavy atom. The summed E-state index contributed by atoms with van der Waals surface area (Å²) in [5.74, 6) is 1.81. The molecule has 0 spiro atoms. The number of carbonyl (C=O) groups is 1. The highest BCUT2D eigenvalue weighted by Crippen LogP contribution is 2.45. The van der Waals surface area contributed by atoms with E-state index in [1.165, 1.54) is 35.1 Å². The molecular formula is C43H54O4. The molecule has 0 amide bonds. The summed E-state index contributed by atoms with van der Waals surface area (Å²) < 4.78 is 16.7. The maximum Gasteiger partial charge on any atom is 0.306 e. The second-order valence-electron chi connectivity index (χ2n) is 12.5. The molecule has 0 bridgehead atoms. The first-order valence-electron chi connectivity index (χ1n) is 17.9. The normalized spacial score (nSPS) is 22.1. The minimum atomic E-state index is -0.0968. The molecule has 6 rings (SSSR count). The number of hydrogen-bond acceptors (Lipinski definition) is 4. The van der Waals surface area contributed by atoms with E-state index in [0.29, 0.717) is 24.9 Å². The fourth-order valence-electron chi connectivity index (χ4n) is 6.88. The second-order valence-corrected chi connectivity index (χ2v) is 12.5. The van der Waals surface area contributed by atoms with Crippen LogP contribution in [0, 0.1) is 11.8 Å². The van der Waals surface area contributed by atoms with Crippen LogP contribution in [0.15, 0.2) is 108 Å². The third kappa shape index (κ3) is 10.9. The van der Waals surface area contributed by atoms with Crippen molar-refractivity contribution in [2.45, 2.75) is 97.0 Å². The number of methoxy groups -OCH3 is 1. The standard InChI is InChI=1S/C36H36O3.C5H12O.C2H6/c37-35(38-25-26-9-3-1-4-10-26)24-27-15-19-32(23-27)39-31-20-16-30(17-21-31)36-33-14-8-7-13-29(33)18-22-34(36)28-11-5-2-6-12-28;1-3-4-5-6-2;1-2/h2-3,5,7-11,13-14,16-17,20-21,27,32,34,36H,1,4,15,18-19,22-25H2;3-5H2,1-2H3;1-2H3. The highest BCUT2D eigenvalue weighted by molar-refractivity contribution is 5.70. The number of aryl methyl sites for hydroxylation is 1. The number of fused-ring (bicyclic) bond motifs is 1. The average Bonchev–Trinajstić information content (AvgIpc) is 3.57. The molecule has 4 heteroatoms. The van der Waals surface area contributed by atoms with Crippen LogP contribution in [0.2, 0.25) is 0 Å². The molecule has 2 aromatic rings. The SMILES string of the molecule is CC.CCCCOC.O=C(CC1CCC(Oc2ccc(C3c4ccccc4CCC3C3=C=C=CC=C3)cc2)C1)OCC1=CCCC=C1. The molecule has 0 aromatic heterocycles. The summed E-state index contributed by atoms with van der Waals surface area (Å²) in [6.45, 7) is 7.46. The van der Waals surface area contributed by atoms with Gasteiger partial charge in [-0.3, -0.25) is 4.79 Å². The van der Waals surface area contributed by atoms with Crippen molar-refractivity contribution in [3.63, 3.8) is 0 Å². The Morgan fingerprint density at radius 1 is 0.979 bits per heavy atom. The van der Waals surface area contributed by atoms with Crippen molar-refractivity contribution < 1.29 is 19.0 Å². The Balaban J connectivity index is 0.000000564. The summed E-state index contributed by atoms with van der Waals surface area (Å²) >= 11 is 0. The van der Waals surface area contributed by atoms with Gasteiger partial charge in [0.05, 0.1) is 6.10 Å². The van der Waals surface area contributed by atoms with Gasteiger partial charge in [-0.15, -0.1) is 0 Å². The zero-order valence-electron chi connectivity index (χ0n) is 29.0. The Bertz CT molecular complexity index is 1460. The predicted octanol–water partition coefficient (Wildman–Crippen LogP) is 10.4. The first-order chi connectivity index (χ1) is 23.1. The fraction of sp³-hybridized carbons (Fsp3) is 0.465. The van der Waals surface area contributed by atoms with Crippen LogP contribution in [0.1, 0.15) is 101 Å². The van der Waals surface area contributed by atoms with Gasteiger partial charge in [0, 0.05) is 37.5 Å². The van der Waals surface area contributed by atoms with E-state index in [2.05, 4.69) is 97.3 Å². The lowest BCUT2D eigenvalue weighted by molar-refractivity contribution is -0.143. The number of esters is 1. The zero-order chi connectivity index (χ0) is 33.3. The van der Waals surface area contributed by atoms with E-state index in [4.69, 9.17) is 14.2 Å². The summed E-state index contributed by atoms with van der Waals surface area (Å²) in [7, 11) is 1.73. The number of benzene rings is 2. The Labute approximate surface area is 283 Å². The van der Waals surface area contributed by atoms with Gasteiger partial charge in [-0.25, -0.2) is 0 Å². The maximum atomic E-state index is 12.4. The Hall–Kier alpha value is -3.81. The van der Waals surface area contributed by atoms with E-state index in [1.807, 2.05) is 19.9 Å². The van der Waals surface area contributed by atoms with E-state index >= 15 is 0 Å². The molecule has 4 atom stereocenters. The van der Waals surface area contributed by atoms with Gasteiger partial charge in [-0.2, -0.15) is 0 Å². The van der Waals surface area contributed by atoms with Crippen LogP contribution >= 0.6 is 0 Å². The van der Waals surface area contributed by atoms with Crippen LogP contribution in [0.3, 0.4) is 0 Å². The van der Waals surface area contributed by atoms with E-state index in [1.54, 1.807) is 7.11 Å². The van der Waals surface area contributed by atoms with Gasteiger partial charge in [0.2, 0.25) is 0 Å². The van der Waals surface area contributed by atoms with Gasteiger partial charge in [-0.05, 0) is 104 Å². The van der Waals surface area contributed by atoms with Crippen molar-refractivity contribution in [1.29, 1.82) is 0 Å². The van der Waals surface area contributed by atoms with Crippen molar-refractivity contribution in [1.82, 2.24) is 0 Å². The van der Waals surface area contributed by atoms with Crippen molar-refractivity contribution in [3.05, 3.63) is 124 Å². The Morgan fingerprint density at radius 2 is 1.81 bits per heavy atom. The molecule has 1 saturated carbocycles. The molecule has 1 fully saturated rings. The summed E-state index contributed by atoms with van der Waals surface area (Å²) in [6.07, 6.45) is 22.8. The van der Waals surface area contributed by atoms with E-state index in [0.717, 1.165) is 62.9 Å². The van der Waals surface area contributed by atoms with Gasteiger partial charge < -0.3 is 14.2 Å².